The van der Waals surface area contributed by atoms with Crippen LogP contribution in [0.4, 0.5) is 13.2 Å². The number of benzene rings is 2. The summed E-state index contributed by atoms with van der Waals surface area (Å²) in [6, 6.07) is 7.34. The van der Waals surface area contributed by atoms with Gasteiger partial charge in [-0.15, -0.1) is 0 Å². The Morgan fingerprint density at radius 2 is 1.65 bits per heavy atom. The third-order valence-electron chi connectivity index (χ3n) is 2.88. The standard InChI is InChI=1S/C15H11F3O2/c1-20-14-7-2-4-9(15(14)18)13(19)8-10-11(16)5-3-6-12(10)17/h2-7H,8H2,1H3. The molecule has 0 saturated carbocycles. The minimum absolute atomic E-state index is 0.0927. The third-order valence-corrected chi connectivity index (χ3v) is 2.88. The molecule has 0 aliphatic carbocycles. The molecule has 0 radical (unpaired) electrons. The van der Waals surface area contributed by atoms with Crippen LogP contribution in [0, 0.1) is 17.5 Å². The zero-order valence-electron chi connectivity index (χ0n) is 10.6. The van der Waals surface area contributed by atoms with Gasteiger partial charge in [-0.1, -0.05) is 12.1 Å². The molecule has 2 rings (SSSR count). The smallest absolute Gasteiger partial charge is 0.175 e. The molecule has 0 aromatic heterocycles. The molecule has 104 valence electrons. The lowest BCUT2D eigenvalue weighted by Gasteiger charge is -2.07. The molecule has 0 spiro atoms. The molecule has 0 unspecified atom stereocenters. The van der Waals surface area contributed by atoms with Crippen molar-refractivity contribution in [1.29, 1.82) is 0 Å². The topological polar surface area (TPSA) is 26.3 Å². The fourth-order valence-corrected chi connectivity index (χ4v) is 1.84. The van der Waals surface area contributed by atoms with Gasteiger partial charge in [0.15, 0.2) is 17.3 Å². The first-order valence-corrected chi connectivity index (χ1v) is 5.83. The van der Waals surface area contributed by atoms with Crippen LogP contribution in [0.25, 0.3) is 0 Å². The van der Waals surface area contributed by atoms with Gasteiger partial charge in [-0.2, -0.15) is 0 Å². The van der Waals surface area contributed by atoms with Gasteiger partial charge in [-0.05, 0) is 24.3 Å². The van der Waals surface area contributed by atoms with Crippen LogP contribution in [0.15, 0.2) is 36.4 Å². The second kappa shape index (κ2) is 5.77. The molecule has 20 heavy (non-hydrogen) atoms. The van der Waals surface area contributed by atoms with Gasteiger partial charge in [0.05, 0.1) is 12.7 Å². The van der Waals surface area contributed by atoms with Crippen LogP contribution in [-0.4, -0.2) is 12.9 Å². The van der Waals surface area contributed by atoms with Crippen LogP contribution in [0.1, 0.15) is 15.9 Å². The maximum atomic E-state index is 13.9. The number of rotatable bonds is 4. The van der Waals surface area contributed by atoms with E-state index in [1.54, 1.807) is 0 Å². The minimum Gasteiger partial charge on any atom is -0.494 e. The Morgan fingerprint density at radius 1 is 1.05 bits per heavy atom. The Labute approximate surface area is 113 Å². The molecule has 0 atom stereocenters. The van der Waals surface area contributed by atoms with E-state index in [1.807, 2.05) is 0 Å². The Kier molecular flexibility index (Phi) is 4.08. The minimum atomic E-state index is -0.836. The van der Waals surface area contributed by atoms with Crippen molar-refractivity contribution < 1.29 is 22.7 Å². The van der Waals surface area contributed by atoms with E-state index in [1.165, 1.54) is 31.4 Å². The molecule has 5 heteroatoms. The van der Waals surface area contributed by atoms with Crippen LogP contribution in [0.5, 0.6) is 5.75 Å². The monoisotopic (exact) mass is 280 g/mol. The Hall–Kier alpha value is -2.30. The number of ether oxygens (including phenoxy) is 1. The van der Waals surface area contributed by atoms with Crippen molar-refractivity contribution in [3.05, 3.63) is 65.0 Å². The highest BCUT2D eigenvalue weighted by atomic mass is 19.1. The first-order chi connectivity index (χ1) is 9.54. The fourth-order valence-electron chi connectivity index (χ4n) is 1.84. The molecule has 0 aliphatic rings. The average Bonchev–Trinajstić information content (AvgIpc) is 2.43. The molecule has 2 nitrogen and oxygen atoms in total. The largest absolute Gasteiger partial charge is 0.494 e. The van der Waals surface area contributed by atoms with Crippen molar-refractivity contribution >= 4 is 5.78 Å². The highest BCUT2D eigenvalue weighted by Crippen LogP contribution is 2.22. The van der Waals surface area contributed by atoms with Crippen molar-refractivity contribution in [3.8, 4) is 5.75 Å². The molecule has 0 saturated heterocycles. The molecule has 0 fully saturated rings. The van der Waals surface area contributed by atoms with Gasteiger partial charge >= 0.3 is 0 Å². The van der Waals surface area contributed by atoms with E-state index in [2.05, 4.69) is 0 Å². The van der Waals surface area contributed by atoms with E-state index in [0.717, 1.165) is 12.1 Å². The number of carbonyl (C=O) groups is 1. The lowest BCUT2D eigenvalue weighted by Crippen LogP contribution is -2.10. The van der Waals surface area contributed by atoms with Crippen LogP contribution in [-0.2, 0) is 6.42 Å². The van der Waals surface area contributed by atoms with Gasteiger partial charge in [-0.3, -0.25) is 4.79 Å². The zero-order valence-corrected chi connectivity index (χ0v) is 10.6. The molecule has 0 amide bonds. The molecule has 0 bridgehead atoms. The van der Waals surface area contributed by atoms with Gasteiger partial charge < -0.3 is 4.74 Å². The quantitative estimate of drug-likeness (QED) is 0.801. The Balaban J connectivity index is 2.34. The van der Waals surface area contributed by atoms with Crippen molar-refractivity contribution in [3.63, 3.8) is 0 Å². The van der Waals surface area contributed by atoms with Crippen LogP contribution in [0.2, 0.25) is 0 Å². The van der Waals surface area contributed by atoms with Crippen LogP contribution >= 0.6 is 0 Å². The van der Waals surface area contributed by atoms with Gasteiger partial charge in [0.2, 0.25) is 0 Å². The lowest BCUT2D eigenvalue weighted by molar-refractivity contribution is 0.0986. The van der Waals surface area contributed by atoms with E-state index in [9.17, 15) is 18.0 Å². The zero-order chi connectivity index (χ0) is 14.7. The van der Waals surface area contributed by atoms with Crippen LogP contribution in [0.3, 0.4) is 0 Å². The summed E-state index contributed by atoms with van der Waals surface area (Å²) < 4.78 is 45.6. The summed E-state index contributed by atoms with van der Waals surface area (Å²) in [6.07, 6.45) is -0.553. The maximum Gasteiger partial charge on any atom is 0.175 e. The van der Waals surface area contributed by atoms with Crippen LogP contribution < -0.4 is 4.74 Å². The van der Waals surface area contributed by atoms with E-state index in [-0.39, 0.29) is 16.9 Å². The van der Waals surface area contributed by atoms with Crippen molar-refractivity contribution in [2.45, 2.75) is 6.42 Å². The highest BCUT2D eigenvalue weighted by Gasteiger charge is 2.19. The maximum absolute atomic E-state index is 13.9. The summed E-state index contributed by atoms with van der Waals surface area (Å²) in [5.41, 5.74) is -0.633. The number of hydrogen-bond donors (Lipinski definition) is 0. The predicted molar refractivity (Wildman–Crippen MR) is 67.3 cm³/mol. The first kappa shape index (κ1) is 14.1. The highest BCUT2D eigenvalue weighted by molar-refractivity contribution is 5.98. The Bertz CT molecular complexity index is 633. The molecule has 0 heterocycles. The van der Waals surface area contributed by atoms with E-state index in [4.69, 9.17) is 4.74 Å². The van der Waals surface area contributed by atoms with Gasteiger partial charge in [0, 0.05) is 12.0 Å². The molecule has 0 N–H and O–H groups in total. The summed E-state index contributed by atoms with van der Waals surface area (Å²) >= 11 is 0. The second-order valence-corrected chi connectivity index (χ2v) is 4.12. The predicted octanol–water partition coefficient (Wildman–Crippen LogP) is 3.54. The number of Topliss-reactive ketones (excluding diaryl/α,β-unsaturated/α-hetero) is 1. The Morgan fingerprint density at radius 3 is 2.25 bits per heavy atom. The molecular weight excluding hydrogens is 269 g/mol. The van der Waals surface area contributed by atoms with E-state index < -0.39 is 29.7 Å². The summed E-state index contributed by atoms with van der Waals surface area (Å²) in [4.78, 5) is 12.0. The van der Waals surface area contributed by atoms with Crippen molar-refractivity contribution in [2.75, 3.05) is 7.11 Å². The summed E-state index contributed by atoms with van der Waals surface area (Å²) in [5, 5.41) is 0. The van der Waals surface area contributed by atoms with Crippen molar-refractivity contribution in [2.24, 2.45) is 0 Å². The number of carbonyl (C=O) groups excluding carboxylic acids is 1. The second-order valence-electron chi connectivity index (χ2n) is 4.12. The third kappa shape index (κ3) is 2.66. The SMILES string of the molecule is COc1cccc(C(=O)Cc2c(F)cccc2F)c1F. The van der Waals surface area contributed by atoms with Gasteiger partial charge in [0.25, 0.3) is 0 Å². The van der Waals surface area contributed by atoms with Crippen molar-refractivity contribution in [1.82, 2.24) is 0 Å². The summed E-state index contributed by atoms with van der Waals surface area (Å²) in [6.45, 7) is 0. The molecular formula is C15H11F3O2. The summed E-state index contributed by atoms with van der Waals surface area (Å²) in [7, 11) is 1.27. The number of ketones is 1. The lowest BCUT2D eigenvalue weighted by atomic mass is 10.0. The normalized spacial score (nSPS) is 10.4. The van der Waals surface area contributed by atoms with Gasteiger partial charge in [0.1, 0.15) is 11.6 Å². The first-order valence-electron chi connectivity index (χ1n) is 5.83. The van der Waals surface area contributed by atoms with E-state index >= 15 is 0 Å². The molecule has 2 aromatic carbocycles. The number of halogens is 3. The average molecular weight is 280 g/mol. The molecule has 0 aliphatic heterocycles. The van der Waals surface area contributed by atoms with Gasteiger partial charge in [-0.25, -0.2) is 13.2 Å². The number of hydrogen-bond acceptors (Lipinski definition) is 2. The molecule has 2 aromatic rings. The van der Waals surface area contributed by atoms with E-state index in [0.29, 0.717) is 0 Å². The summed E-state index contributed by atoms with van der Waals surface area (Å²) in [5.74, 6) is -3.31. The number of methoxy groups -OCH3 is 1. The fraction of sp³-hybridized carbons (Fsp3) is 0.133.